The van der Waals surface area contributed by atoms with Gasteiger partial charge < -0.3 is 5.32 Å². The fourth-order valence-corrected chi connectivity index (χ4v) is 0.566. The quantitative estimate of drug-likeness (QED) is 0.622. The van der Waals surface area contributed by atoms with Gasteiger partial charge in [0.2, 0.25) is 0 Å². The van der Waals surface area contributed by atoms with Crippen LogP contribution in [0.3, 0.4) is 0 Å². The zero-order chi connectivity index (χ0) is 9.11. The molecule has 0 aliphatic heterocycles. The van der Waals surface area contributed by atoms with Crippen molar-refractivity contribution in [2.45, 2.75) is 40.5 Å². The second kappa shape index (κ2) is 12.3. The van der Waals surface area contributed by atoms with Gasteiger partial charge >= 0.3 is 0 Å². The average molecular weight is 159 g/mol. The fourth-order valence-electron chi connectivity index (χ4n) is 0.566. The predicted molar refractivity (Wildman–Crippen MR) is 49.8 cm³/mol. The standard InChI is InChI=1S/C7H15NO.C2H6/c1-3-4-5-8-6-7(2)9;1-2/h8H,3-6H2,1-2H3;1-2H3. The van der Waals surface area contributed by atoms with E-state index in [1.807, 2.05) is 13.8 Å². The van der Waals surface area contributed by atoms with Crippen LogP contribution in [-0.2, 0) is 4.79 Å². The number of carbonyl (C=O) groups excluding carboxylic acids is 1. The number of carbonyl (C=O) groups is 1. The van der Waals surface area contributed by atoms with Gasteiger partial charge in [0.1, 0.15) is 5.78 Å². The molecular weight excluding hydrogens is 138 g/mol. The molecule has 0 unspecified atom stereocenters. The van der Waals surface area contributed by atoms with Gasteiger partial charge in [0, 0.05) is 0 Å². The van der Waals surface area contributed by atoms with Crippen molar-refractivity contribution in [3.8, 4) is 0 Å². The first-order chi connectivity index (χ1) is 5.27. The SMILES string of the molecule is CC.CCCCNCC(C)=O. The fraction of sp³-hybridized carbons (Fsp3) is 0.889. The number of hydrogen-bond donors (Lipinski definition) is 1. The lowest BCUT2D eigenvalue weighted by atomic mass is 10.3. The summed E-state index contributed by atoms with van der Waals surface area (Å²) in [5, 5.41) is 3.04. The second-order valence-corrected chi connectivity index (χ2v) is 2.23. The zero-order valence-electron chi connectivity index (χ0n) is 8.24. The molecule has 2 heteroatoms. The van der Waals surface area contributed by atoms with Crippen LogP contribution >= 0.6 is 0 Å². The summed E-state index contributed by atoms with van der Waals surface area (Å²) in [6, 6.07) is 0. The first kappa shape index (κ1) is 13.2. The highest BCUT2D eigenvalue weighted by molar-refractivity contribution is 5.77. The van der Waals surface area contributed by atoms with Crippen LogP contribution in [0.5, 0.6) is 0 Å². The van der Waals surface area contributed by atoms with E-state index in [-0.39, 0.29) is 5.78 Å². The van der Waals surface area contributed by atoms with Gasteiger partial charge in [-0.2, -0.15) is 0 Å². The predicted octanol–water partition coefficient (Wildman–Crippen LogP) is 1.99. The van der Waals surface area contributed by atoms with E-state index in [0.29, 0.717) is 6.54 Å². The third kappa shape index (κ3) is 17.7. The van der Waals surface area contributed by atoms with Crippen molar-refractivity contribution in [3.05, 3.63) is 0 Å². The molecule has 0 aromatic heterocycles. The lowest BCUT2D eigenvalue weighted by Crippen LogP contribution is -2.21. The number of hydrogen-bond acceptors (Lipinski definition) is 2. The Bertz CT molecular complexity index is 81.6. The molecule has 0 radical (unpaired) electrons. The van der Waals surface area contributed by atoms with Gasteiger partial charge in [-0.05, 0) is 19.9 Å². The van der Waals surface area contributed by atoms with Gasteiger partial charge in [0.25, 0.3) is 0 Å². The number of rotatable bonds is 5. The molecule has 11 heavy (non-hydrogen) atoms. The van der Waals surface area contributed by atoms with Crippen LogP contribution in [-0.4, -0.2) is 18.9 Å². The summed E-state index contributed by atoms with van der Waals surface area (Å²) in [4.78, 5) is 10.3. The van der Waals surface area contributed by atoms with Gasteiger partial charge in [-0.15, -0.1) is 0 Å². The van der Waals surface area contributed by atoms with Crippen LogP contribution in [0, 0.1) is 0 Å². The monoisotopic (exact) mass is 159 g/mol. The maximum atomic E-state index is 10.3. The minimum Gasteiger partial charge on any atom is -0.310 e. The summed E-state index contributed by atoms with van der Waals surface area (Å²) < 4.78 is 0. The Morgan fingerprint density at radius 3 is 2.27 bits per heavy atom. The summed E-state index contributed by atoms with van der Waals surface area (Å²) in [7, 11) is 0. The van der Waals surface area contributed by atoms with E-state index in [0.717, 1.165) is 13.0 Å². The Hall–Kier alpha value is -0.370. The third-order valence-corrected chi connectivity index (χ3v) is 1.08. The lowest BCUT2D eigenvalue weighted by Gasteiger charge is -1.97. The topological polar surface area (TPSA) is 29.1 Å². The van der Waals surface area contributed by atoms with Crippen molar-refractivity contribution in [1.82, 2.24) is 5.32 Å². The molecule has 0 aromatic carbocycles. The van der Waals surface area contributed by atoms with Crippen LogP contribution < -0.4 is 5.32 Å². The lowest BCUT2D eigenvalue weighted by molar-refractivity contribution is -0.116. The molecule has 0 spiro atoms. The Labute approximate surface area is 70.4 Å². The molecule has 0 bridgehead atoms. The molecule has 0 aliphatic rings. The van der Waals surface area contributed by atoms with Crippen LogP contribution in [0.4, 0.5) is 0 Å². The van der Waals surface area contributed by atoms with Crippen molar-refractivity contribution in [3.63, 3.8) is 0 Å². The summed E-state index contributed by atoms with van der Waals surface area (Å²) in [5.74, 6) is 0.214. The van der Waals surface area contributed by atoms with Crippen LogP contribution in [0.1, 0.15) is 40.5 Å². The van der Waals surface area contributed by atoms with E-state index in [1.165, 1.54) is 6.42 Å². The van der Waals surface area contributed by atoms with Crippen molar-refractivity contribution >= 4 is 5.78 Å². The molecule has 68 valence electrons. The molecule has 0 saturated carbocycles. The zero-order valence-corrected chi connectivity index (χ0v) is 8.24. The molecule has 2 nitrogen and oxygen atoms in total. The number of unbranched alkanes of at least 4 members (excludes halogenated alkanes) is 1. The first-order valence-electron chi connectivity index (χ1n) is 4.47. The number of Topliss-reactive ketones (excluding diaryl/α,β-unsaturated/α-hetero) is 1. The van der Waals surface area contributed by atoms with Gasteiger partial charge in [0.15, 0.2) is 0 Å². The van der Waals surface area contributed by atoms with E-state index in [4.69, 9.17) is 0 Å². The van der Waals surface area contributed by atoms with Gasteiger partial charge in [0.05, 0.1) is 6.54 Å². The van der Waals surface area contributed by atoms with Gasteiger partial charge in [-0.1, -0.05) is 27.2 Å². The Morgan fingerprint density at radius 1 is 1.36 bits per heavy atom. The van der Waals surface area contributed by atoms with Crippen molar-refractivity contribution in [2.24, 2.45) is 0 Å². The van der Waals surface area contributed by atoms with Crippen molar-refractivity contribution in [1.29, 1.82) is 0 Å². The van der Waals surface area contributed by atoms with E-state index >= 15 is 0 Å². The van der Waals surface area contributed by atoms with E-state index in [1.54, 1.807) is 6.92 Å². The minimum atomic E-state index is 0.214. The summed E-state index contributed by atoms with van der Waals surface area (Å²) in [6.07, 6.45) is 2.35. The molecule has 0 fully saturated rings. The maximum absolute atomic E-state index is 10.3. The molecule has 0 atom stereocenters. The second-order valence-electron chi connectivity index (χ2n) is 2.23. The normalized spacial score (nSPS) is 8.36. The maximum Gasteiger partial charge on any atom is 0.143 e. The molecule has 0 heterocycles. The first-order valence-corrected chi connectivity index (χ1v) is 4.47. The molecule has 0 aromatic rings. The Morgan fingerprint density at radius 2 is 1.91 bits per heavy atom. The third-order valence-electron chi connectivity index (χ3n) is 1.08. The highest BCUT2D eigenvalue weighted by Crippen LogP contribution is 1.81. The van der Waals surface area contributed by atoms with Crippen molar-refractivity contribution < 1.29 is 4.79 Å². The summed E-state index contributed by atoms with van der Waals surface area (Å²) >= 11 is 0. The van der Waals surface area contributed by atoms with Crippen LogP contribution in [0.15, 0.2) is 0 Å². The highest BCUT2D eigenvalue weighted by atomic mass is 16.1. The van der Waals surface area contributed by atoms with Gasteiger partial charge in [-0.3, -0.25) is 4.79 Å². The van der Waals surface area contributed by atoms with Crippen LogP contribution in [0.2, 0.25) is 0 Å². The summed E-state index contributed by atoms with van der Waals surface area (Å²) in [5.41, 5.74) is 0. The van der Waals surface area contributed by atoms with Crippen molar-refractivity contribution in [2.75, 3.05) is 13.1 Å². The van der Waals surface area contributed by atoms with E-state index < -0.39 is 0 Å². The number of ketones is 1. The van der Waals surface area contributed by atoms with E-state index in [2.05, 4.69) is 12.2 Å². The van der Waals surface area contributed by atoms with E-state index in [9.17, 15) is 4.79 Å². The highest BCUT2D eigenvalue weighted by Gasteiger charge is 1.88. The van der Waals surface area contributed by atoms with Crippen LogP contribution in [0.25, 0.3) is 0 Å². The largest absolute Gasteiger partial charge is 0.310 e. The molecule has 0 amide bonds. The molecule has 0 rings (SSSR count). The molecule has 0 aliphatic carbocycles. The minimum absolute atomic E-state index is 0.214. The number of nitrogens with one attached hydrogen (secondary N) is 1. The summed E-state index contributed by atoms with van der Waals surface area (Å²) in [6.45, 7) is 9.23. The Balaban J connectivity index is 0. The molecular formula is C9H21NO. The van der Waals surface area contributed by atoms with Gasteiger partial charge in [-0.25, -0.2) is 0 Å². The molecule has 1 N–H and O–H groups in total. The smallest absolute Gasteiger partial charge is 0.143 e. The molecule has 0 saturated heterocycles. The Kier molecular flexibility index (Phi) is 14.8. The average Bonchev–Trinajstić information content (AvgIpc) is 2.02.